The number of hydrogen-bond acceptors (Lipinski definition) is 8. The van der Waals surface area contributed by atoms with Gasteiger partial charge in [0.2, 0.25) is 0 Å². The Morgan fingerprint density at radius 2 is 1.03 bits per heavy atom. The van der Waals surface area contributed by atoms with Gasteiger partial charge < -0.3 is 18.9 Å². The van der Waals surface area contributed by atoms with Gasteiger partial charge in [0.1, 0.15) is 35.5 Å². The van der Waals surface area contributed by atoms with Crippen LogP contribution in [0.25, 0.3) is 0 Å². The van der Waals surface area contributed by atoms with E-state index in [4.69, 9.17) is 18.9 Å². The van der Waals surface area contributed by atoms with Crippen LogP contribution in [0.3, 0.4) is 0 Å². The fourth-order valence-electron chi connectivity index (χ4n) is 3.07. The summed E-state index contributed by atoms with van der Waals surface area (Å²) in [6.07, 6.45) is 0.899. The maximum Gasteiger partial charge on any atom is 0.153 e. The molecule has 0 heterocycles. The molecule has 1 aromatic rings. The Bertz CT molecular complexity index is 820. The highest BCUT2D eigenvalue weighted by Gasteiger charge is 2.33. The molecule has 2 unspecified atom stereocenters. The third-order valence-electron chi connectivity index (χ3n) is 4.55. The van der Waals surface area contributed by atoms with E-state index in [1.54, 1.807) is 37.7 Å². The van der Waals surface area contributed by atoms with Crippen molar-refractivity contribution in [2.24, 2.45) is 0 Å². The van der Waals surface area contributed by atoms with Gasteiger partial charge in [0.25, 0.3) is 0 Å². The lowest BCUT2D eigenvalue weighted by Gasteiger charge is -2.30. The van der Waals surface area contributed by atoms with Crippen LogP contribution in [0.1, 0.15) is 79.4 Å². The number of ether oxygens (including phenoxy) is 4. The molecule has 0 fully saturated rings. The number of thioether (sulfide) groups is 2. The van der Waals surface area contributed by atoms with Crippen molar-refractivity contribution >= 4 is 23.5 Å². The lowest BCUT2D eigenvalue weighted by atomic mass is 10.1. The molecule has 6 nitrogen and oxygen atoms in total. The Hall–Kier alpha value is -1.58. The van der Waals surface area contributed by atoms with Crippen LogP contribution >= 0.6 is 23.5 Å². The molecule has 0 aliphatic carbocycles. The van der Waals surface area contributed by atoms with Crippen LogP contribution in [0, 0.1) is 22.7 Å². The Morgan fingerprint density at radius 1 is 0.706 bits per heavy atom. The van der Waals surface area contributed by atoms with Crippen LogP contribution in [0.5, 0.6) is 11.5 Å². The monoisotopic (exact) mass is 508 g/mol. The molecule has 0 saturated carbocycles. The third-order valence-corrected chi connectivity index (χ3v) is 7.09. The van der Waals surface area contributed by atoms with E-state index < -0.39 is 0 Å². The highest BCUT2D eigenvalue weighted by Crippen LogP contribution is 2.54. The van der Waals surface area contributed by atoms with Crippen molar-refractivity contribution in [2.45, 2.75) is 99.7 Å². The quantitative estimate of drug-likeness (QED) is 0.284. The molecule has 0 aromatic heterocycles. The minimum Gasteiger partial charge on any atom is -0.485 e. The van der Waals surface area contributed by atoms with Crippen LogP contribution in [0.15, 0.2) is 9.79 Å². The first-order valence-corrected chi connectivity index (χ1v) is 13.2. The molecular formula is C26H40N2O4S2. The van der Waals surface area contributed by atoms with E-state index in [2.05, 4.69) is 53.7 Å². The normalized spacial score (nSPS) is 13.6. The number of benzene rings is 1. The van der Waals surface area contributed by atoms with Crippen molar-refractivity contribution in [3.05, 3.63) is 11.1 Å². The third kappa shape index (κ3) is 8.89. The summed E-state index contributed by atoms with van der Waals surface area (Å²) in [5.41, 5.74) is 0.397. The zero-order chi connectivity index (χ0) is 26.1. The van der Waals surface area contributed by atoms with Gasteiger partial charge in [0.15, 0.2) is 11.5 Å². The summed E-state index contributed by atoms with van der Waals surface area (Å²) in [4.78, 5) is 1.64. The van der Waals surface area contributed by atoms with Crippen molar-refractivity contribution in [1.82, 2.24) is 0 Å². The lowest BCUT2D eigenvalue weighted by molar-refractivity contribution is 0.0725. The van der Waals surface area contributed by atoms with Gasteiger partial charge in [0, 0.05) is 23.7 Å². The summed E-state index contributed by atoms with van der Waals surface area (Å²) in [7, 11) is 3.25. The van der Waals surface area contributed by atoms with E-state index in [9.17, 15) is 10.5 Å². The van der Waals surface area contributed by atoms with Crippen LogP contribution in [0.4, 0.5) is 0 Å². The Labute approximate surface area is 214 Å². The van der Waals surface area contributed by atoms with Gasteiger partial charge in [-0.1, -0.05) is 55.4 Å². The van der Waals surface area contributed by atoms with Gasteiger partial charge in [-0.05, 0) is 12.8 Å². The second-order valence-corrected chi connectivity index (χ2v) is 13.6. The van der Waals surface area contributed by atoms with Crippen molar-refractivity contribution in [3.63, 3.8) is 0 Å². The molecule has 8 heteroatoms. The molecule has 0 amide bonds. The van der Waals surface area contributed by atoms with E-state index in [-0.39, 0.29) is 32.8 Å². The molecule has 1 aromatic carbocycles. The summed E-state index contributed by atoms with van der Waals surface area (Å²) in [6, 6.07) is 4.49. The maximum atomic E-state index is 10.2. The van der Waals surface area contributed by atoms with Crippen molar-refractivity contribution in [3.8, 4) is 23.6 Å². The average Bonchev–Trinajstić information content (AvgIpc) is 2.74. The van der Waals surface area contributed by atoms with E-state index in [0.717, 1.165) is 9.79 Å². The fourth-order valence-corrected chi connectivity index (χ4v) is 5.40. The second-order valence-electron chi connectivity index (χ2n) is 9.93. The molecule has 0 radical (unpaired) electrons. The van der Waals surface area contributed by atoms with Gasteiger partial charge in [0.05, 0.1) is 23.0 Å². The van der Waals surface area contributed by atoms with Gasteiger partial charge in [-0.2, -0.15) is 10.5 Å². The second kappa shape index (κ2) is 13.5. The molecule has 2 atom stereocenters. The molecule has 0 saturated heterocycles. The molecule has 0 aliphatic heterocycles. The number of rotatable bonds is 12. The van der Waals surface area contributed by atoms with E-state index >= 15 is 0 Å². The maximum absolute atomic E-state index is 10.2. The van der Waals surface area contributed by atoms with Gasteiger partial charge in [-0.3, -0.25) is 0 Å². The first-order valence-electron chi connectivity index (χ1n) is 11.6. The van der Waals surface area contributed by atoms with E-state index in [1.807, 2.05) is 13.8 Å². The number of nitrogens with zero attached hydrogens (tertiary/aromatic N) is 2. The van der Waals surface area contributed by atoms with Gasteiger partial charge >= 0.3 is 0 Å². The summed E-state index contributed by atoms with van der Waals surface area (Å²) < 4.78 is 23.2. The van der Waals surface area contributed by atoms with Crippen LogP contribution in [-0.4, -0.2) is 49.1 Å². The molecule has 0 N–H and O–H groups in total. The standard InChI is InChI=1S/C26H40N2O4S2/c1-11-17(15-29-9)31-21-19(13-27)20(14-28)22(32-18(12-2)16-30-10)24(34-26(6,7)8)23(21)33-25(3,4)5/h17-18H,11-12,15-16H2,1-10H3. The minimum atomic E-state index is -0.251. The van der Waals surface area contributed by atoms with E-state index in [0.29, 0.717) is 37.6 Å². The topological polar surface area (TPSA) is 84.5 Å². The number of nitriles is 2. The average molecular weight is 509 g/mol. The number of methoxy groups -OCH3 is 2. The molecular weight excluding hydrogens is 468 g/mol. The van der Waals surface area contributed by atoms with Crippen LogP contribution in [0.2, 0.25) is 0 Å². The summed E-state index contributed by atoms with van der Waals surface area (Å²) in [5, 5.41) is 20.4. The SMILES string of the molecule is CCC(COC)Oc1c(C#N)c(C#N)c(OC(CC)COC)c(SC(C)(C)C)c1SC(C)(C)C. The van der Waals surface area contributed by atoms with E-state index in [1.165, 1.54) is 0 Å². The van der Waals surface area contributed by atoms with Gasteiger partial charge in [-0.15, -0.1) is 23.5 Å². The van der Waals surface area contributed by atoms with Crippen molar-refractivity contribution in [1.29, 1.82) is 10.5 Å². The summed E-state index contributed by atoms with van der Waals surface area (Å²) in [6.45, 7) is 17.5. The largest absolute Gasteiger partial charge is 0.485 e. The summed E-state index contributed by atoms with van der Waals surface area (Å²) >= 11 is 3.24. The molecule has 34 heavy (non-hydrogen) atoms. The molecule has 1 rings (SSSR count). The highest BCUT2D eigenvalue weighted by molar-refractivity contribution is 8.03. The molecule has 0 bridgehead atoms. The fraction of sp³-hybridized carbons (Fsp3) is 0.692. The Morgan fingerprint density at radius 3 is 1.24 bits per heavy atom. The highest BCUT2D eigenvalue weighted by atomic mass is 32.2. The Balaban J connectivity index is 4.08. The number of hydrogen-bond donors (Lipinski definition) is 0. The predicted molar refractivity (Wildman–Crippen MR) is 140 cm³/mol. The smallest absolute Gasteiger partial charge is 0.153 e. The minimum absolute atomic E-state index is 0.177. The zero-order valence-corrected chi connectivity index (χ0v) is 24.0. The van der Waals surface area contributed by atoms with Crippen LogP contribution in [-0.2, 0) is 9.47 Å². The van der Waals surface area contributed by atoms with Crippen LogP contribution < -0.4 is 9.47 Å². The van der Waals surface area contributed by atoms with Crippen molar-refractivity contribution in [2.75, 3.05) is 27.4 Å². The Kier molecular flexibility index (Phi) is 12.1. The first-order chi connectivity index (χ1) is 15.8. The molecule has 190 valence electrons. The van der Waals surface area contributed by atoms with Gasteiger partial charge in [-0.25, -0.2) is 0 Å². The molecule has 0 aliphatic rings. The molecule has 0 spiro atoms. The zero-order valence-electron chi connectivity index (χ0n) is 22.3. The lowest BCUT2D eigenvalue weighted by Crippen LogP contribution is -2.25. The summed E-state index contributed by atoms with van der Waals surface area (Å²) in [5.74, 6) is 0.864. The predicted octanol–water partition coefficient (Wildman–Crippen LogP) is 6.82. The first kappa shape index (κ1) is 30.5. The van der Waals surface area contributed by atoms with Crippen molar-refractivity contribution < 1.29 is 18.9 Å².